The monoisotopic (exact) mass is 303 g/mol. The van der Waals surface area contributed by atoms with Crippen molar-refractivity contribution < 1.29 is 18.0 Å². The third-order valence-corrected chi connectivity index (χ3v) is 3.01. The molecule has 0 aromatic heterocycles. The fourth-order valence-electron chi connectivity index (χ4n) is 1.77. The minimum atomic E-state index is -4.44. The van der Waals surface area contributed by atoms with E-state index >= 15 is 0 Å². The van der Waals surface area contributed by atoms with Crippen LogP contribution in [0, 0.1) is 5.41 Å². The highest BCUT2D eigenvalue weighted by atomic mass is 19.4. The van der Waals surface area contributed by atoms with Gasteiger partial charge in [-0.05, 0) is 30.2 Å². The van der Waals surface area contributed by atoms with Crippen molar-refractivity contribution in [3.8, 4) is 0 Å². The molecule has 0 saturated carbocycles. The molecule has 0 aliphatic carbocycles. The van der Waals surface area contributed by atoms with Gasteiger partial charge in [0.1, 0.15) is 0 Å². The molecule has 1 aromatic carbocycles. The highest BCUT2D eigenvalue weighted by molar-refractivity contribution is 5.89. The average Bonchev–Trinajstić information content (AvgIpc) is 2.37. The maximum atomic E-state index is 12.6. The van der Waals surface area contributed by atoms with Gasteiger partial charge in [-0.3, -0.25) is 0 Å². The summed E-state index contributed by atoms with van der Waals surface area (Å²) in [7, 11) is 1.57. The number of carbonyl (C=O) groups is 1. The van der Waals surface area contributed by atoms with Gasteiger partial charge in [-0.25, -0.2) is 4.79 Å². The molecule has 0 saturated heterocycles. The third-order valence-electron chi connectivity index (χ3n) is 3.01. The van der Waals surface area contributed by atoms with E-state index in [1.807, 2.05) is 13.8 Å². The number of benzene rings is 1. The number of nitrogens with two attached hydrogens (primary N) is 1. The molecular formula is C14H20F3N3O. The predicted molar refractivity (Wildman–Crippen MR) is 75.9 cm³/mol. The van der Waals surface area contributed by atoms with Gasteiger partial charge < -0.3 is 16.0 Å². The van der Waals surface area contributed by atoms with Crippen molar-refractivity contribution in [1.82, 2.24) is 4.90 Å². The summed E-state index contributed by atoms with van der Waals surface area (Å²) >= 11 is 0. The number of alkyl halides is 3. The highest BCUT2D eigenvalue weighted by Crippen LogP contribution is 2.30. The largest absolute Gasteiger partial charge is 0.416 e. The normalized spacial score (nSPS) is 12.1. The van der Waals surface area contributed by atoms with E-state index in [2.05, 4.69) is 5.32 Å². The smallest absolute Gasteiger partial charge is 0.330 e. The first kappa shape index (κ1) is 17.3. The maximum Gasteiger partial charge on any atom is 0.416 e. The van der Waals surface area contributed by atoms with Crippen molar-refractivity contribution in [2.24, 2.45) is 11.1 Å². The second-order valence-electron chi connectivity index (χ2n) is 5.73. The van der Waals surface area contributed by atoms with Crippen LogP contribution in [0.5, 0.6) is 0 Å². The lowest BCUT2D eigenvalue weighted by atomic mass is 9.93. The lowest BCUT2D eigenvalue weighted by molar-refractivity contribution is -0.137. The van der Waals surface area contributed by atoms with Gasteiger partial charge in [0.15, 0.2) is 0 Å². The van der Waals surface area contributed by atoms with Crippen LogP contribution in [0.2, 0.25) is 0 Å². The number of anilines is 1. The Bertz CT molecular complexity index is 500. The minimum absolute atomic E-state index is 0.104. The molecule has 0 aliphatic heterocycles. The molecule has 4 nitrogen and oxygen atoms in total. The average molecular weight is 303 g/mol. The SMILES string of the molecule is CN(CC(C)(C)CN)C(=O)Nc1cccc(C(F)(F)F)c1. The standard InChI is InChI=1S/C14H20F3N3O/c1-13(2,8-18)9-20(3)12(21)19-11-6-4-5-10(7-11)14(15,16)17/h4-7H,8-9,18H2,1-3H3,(H,19,21). The molecule has 0 unspecified atom stereocenters. The van der Waals surface area contributed by atoms with Gasteiger partial charge in [-0.2, -0.15) is 13.2 Å². The lowest BCUT2D eigenvalue weighted by Gasteiger charge is -2.29. The van der Waals surface area contributed by atoms with Gasteiger partial charge in [0, 0.05) is 19.3 Å². The zero-order valence-electron chi connectivity index (χ0n) is 12.3. The summed E-state index contributed by atoms with van der Waals surface area (Å²) in [6.07, 6.45) is -4.44. The summed E-state index contributed by atoms with van der Waals surface area (Å²) in [4.78, 5) is 13.4. The van der Waals surface area contributed by atoms with E-state index in [0.717, 1.165) is 12.1 Å². The molecular weight excluding hydrogens is 283 g/mol. The van der Waals surface area contributed by atoms with E-state index in [1.54, 1.807) is 7.05 Å². The van der Waals surface area contributed by atoms with Crippen LogP contribution in [-0.2, 0) is 6.18 Å². The Morgan fingerprint density at radius 3 is 2.48 bits per heavy atom. The van der Waals surface area contributed by atoms with E-state index in [4.69, 9.17) is 5.73 Å². The number of nitrogens with one attached hydrogen (secondary N) is 1. The number of halogens is 3. The fraction of sp³-hybridized carbons (Fsp3) is 0.500. The molecule has 0 aliphatic rings. The molecule has 3 N–H and O–H groups in total. The lowest BCUT2D eigenvalue weighted by Crippen LogP contribution is -2.41. The third kappa shape index (κ3) is 5.26. The second kappa shape index (κ2) is 6.34. The van der Waals surface area contributed by atoms with Crippen molar-refractivity contribution in [2.45, 2.75) is 20.0 Å². The quantitative estimate of drug-likeness (QED) is 0.897. The Balaban J connectivity index is 2.75. The molecule has 0 spiro atoms. The van der Waals surface area contributed by atoms with Crippen LogP contribution in [0.25, 0.3) is 0 Å². The molecule has 0 fully saturated rings. The van der Waals surface area contributed by atoms with E-state index in [9.17, 15) is 18.0 Å². The molecule has 2 amide bonds. The van der Waals surface area contributed by atoms with Crippen molar-refractivity contribution in [2.75, 3.05) is 25.5 Å². The van der Waals surface area contributed by atoms with Crippen LogP contribution in [-0.4, -0.2) is 31.1 Å². The molecule has 21 heavy (non-hydrogen) atoms. The maximum absolute atomic E-state index is 12.6. The number of rotatable bonds is 4. The molecule has 118 valence electrons. The summed E-state index contributed by atoms with van der Waals surface area (Å²) in [5.74, 6) is 0. The first-order valence-electron chi connectivity index (χ1n) is 6.44. The van der Waals surface area contributed by atoms with Gasteiger partial charge in [0.25, 0.3) is 0 Å². The number of urea groups is 1. The number of nitrogens with zero attached hydrogens (tertiary/aromatic N) is 1. The first-order valence-corrected chi connectivity index (χ1v) is 6.44. The summed E-state index contributed by atoms with van der Waals surface area (Å²) in [5.41, 5.74) is 4.63. The molecule has 0 atom stereocenters. The van der Waals surface area contributed by atoms with Crippen LogP contribution >= 0.6 is 0 Å². The van der Waals surface area contributed by atoms with Crippen molar-refractivity contribution in [1.29, 1.82) is 0 Å². The number of hydrogen-bond acceptors (Lipinski definition) is 2. The fourth-order valence-corrected chi connectivity index (χ4v) is 1.77. The van der Waals surface area contributed by atoms with Gasteiger partial charge >= 0.3 is 12.2 Å². The van der Waals surface area contributed by atoms with Crippen LogP contribution in [0.1, 0.15) is 19.4 Å². The summed E-state index contributed by atoms with van der Waals surface area (Å²) in [6.45, 7) is 4.60. The van der Waals surface area contributed by atoms with Crippen molar-refractivity contribution >= 4 is 11.7 Å². The Labute approximate surface area is 122 Å². The van der Waals surface area contributed by atoms with Gasteiger partial charge in [0.2, 0.25) is 0 Å². The van der Waals surface area contributed by atoms with Crippen molar-refractivity contribution in [3.05, 3.63) is 29.8 Å². The summed E-state index contributed by atoms with van der Waals surface area (Å²) in [6, 6.07) is 4.05. The zero-order chi connectivity index (χ0) is 16.3. The molecule has 1 aromatic rings. The molecule has 7 heteroatoms. The topological polar surface area (TPSA) is 58.4 Å². The zero-order valence-corrected chi connectivity index (χ0v) is 12.3. The summed E-state index contributed by atoms with van der Waals surface area (Å²) < 4.78 is 37.8. The molecule has 0 radical (unpaired) electrons. The van der Waals surface area contributed by atoms with Crippen molar-refractivity contribution in [3.63, 3.8) is 0 Å². The van der Waals surface area contributed by atoms with Crippen LogP contribution in [0.3, 0.4) is 0 Å². The Hall–Kier alpha value is -1.76. The van der Waals surface area contributed by atoms with E-state index < -0.39 is 17.8 Å². The number of carbonyl (C=O) groups excluding carboxylic acids is 1. The molecule has 0 heterocycles. The van der Waals surface area contributed by atoms with Crippen LogP contribution in [0.15, 0.2) is 24.3 Å². The van der Waals surface area contributed by atoms with Gasteiger partial charge in [-0.1, -0.05) is 19.9 Å². The van der Waals surface area contributed by atoms with Crippen LogP contribution < -0.4 is 11.1 Å². The second-order valence-corrected chi connectivity index (χ2v) is 5.73. The highest BCUT2D eigenvalue weighted by Gasteiger charge is 2.30. The Morgan fingerprint density at radius 1 is 1.33 bits per heavy atom. The first-order chi connectivity index (χ1) is 9.55. The summed E-state index contributed by atoms with van der Waals surface area (Å²) in [5, 5.41) is 2.45. The molecule has 1 rings (SSSR count). The van der Waals surface area contributed by atoms with E-state index in [0.29, 0.717) is 13.1 Å². The van der Waals surface area contributed by atoms with Gasteiger partial charge in [-0.15, -0.1) is 0 Å². The van der Waals surface area contributed by atoms with E-state index in [1.165, 1.54) is 17.0 Å². The van der Waals surface area contributed by atoms with E-state index in [-0.39, 0.29) is 11.1 Å². The number of amides is 2. The van der Waals surface area contributed by atoms with Crippen LogP contribution in [0.4, 0.5) is 23.7 Å². The Kier molecular flexibility index (Phi) is 5.22. The Morgan fingerprint density at radius 2 is 1.95 bits per heavy atom. The molecule has 0 bridgehead atoms. The number of hydrogen-bond donors (Lipinski definition) is 2. The van der Waals surface area contributed by atoms with Gasteiger partial charge in [0.05, 0.1) is 5.56 Å². The predicted octanol–water partition coefficient (Wildman–Crippen LogP) is 3.15. The minimum Gasteiger partial charge on any atom is -0.330 e.